The number of anilines is 1. The summed E-state index contributed by atoms with van der Waals surface area (Å²) < 4.78 is 13.1. The van der Waals surface area contributed by atoms with Crippen molar-refractivity contribution in [2.45, 2.75) is 19.9 Å². The highest BCUT2D eigenvalue weighted by Crippen LogP contribution is 2.19. The molecule has 0 fully saturated rings. The number of nitrogens with two attached hydrogens (primary N) is 1. The first-order valence-corrected chi connectivity index (χ1v) is 6.64. The predicted molar refractivity (Wildman–Crippen MR) is 73.8 cm³/mol. The van der Waals surface area contributed by atoms with Crippen LogP contribution in [0.1, 0.15) is 34.0 Å². The van der Waals surface area contributed by atoms with E-state index < -0.39 is 5.82 Å². The van der Waals surface area contributed by atoms with Crippen molar-refractivity contribution in [2.24, 2.45) is 5.73 Å². The van der Waals surface area contributed by atoms with Gasteiger partial charge >= 0.3 is 0 Å². The van der Waals surface area contributed by atoms with Crippen LogP contribution in [0.3, 0.4) is 0 Å². The third-order valence-electron chi connectivity index (χ3n) is 2.59. The molecule has 2 rings (SSSR count). The van der Waals surface area contributed by atoms with Gasteiger partial charge in [0.1, 0.15) is 16.5 Å². The zero-order chi connectivity index (χ0) is 14.0. The largest absolute Gasteiger partial charge is 0.322 e. The van der Waals surface area contributed by atoms with Gasteiger partial charge in [-0.1, -0.05) is 6.07 Å². The van der Waals surface area contributed by atoms with Gasteiger partial charge in [-0.25, -0.2) is 9.37 Å². The van der Waals surface area contributed by atoms with Crippen LogP contribution in [0.2, 0.25) is 0 Å². The molecule has 1 aromatic carbocycles. The second-order valence-corrected chi connectivity index (χ2v) is 5.16. The van der Waals surface area contributed by atoms with Gasteiger partial charge in [0.25, 0.3) is 5.91 Å². The molecular weight excluding hydrogens is 265 g/mol. The first-order valence-electron chi connectivity index (χ1n) is 5.76. The van der Waals surface area contributed by atoms with Gasteiger partial charge in [0.15, 0.2) is 0 Å². The Bertz CT molecular complexity index is 610. The SMILES string of the molecule is Cc1ccc(F)cc1NC(=O)c1csc(C(C)N)n1. The minimum Gasteiger partial charge on any atom is -0.322 e. The smallest absolute Gasteiger partial charge is 0.275 e. The van der Waals surface area contributed by atoms with Gasteiger partial charge in [0.2, 0.25) is 0 Å². The molecule has 3 N–H and O–H groups in total. The van der Waals surface area contributed by atoms with Crippen molar-refractivity contribution >= 4 is 22.9 Å². The van der Waals surface area contributed by atoms with Crippen LogP contribution >= 0.6 is 11.3 Å². The van der Waals surface area contributed by atoms with Crippen molar-refractivity contribution in [1.29, 1.82) is 0 Å². The number of rotatable bonds is 3. The van der Waals surface area contributed by atoms with Gasteiger partial charge in [-0.3, -0.25) is 4.79 Å². The van der Waals surface area contributed by atoms with Crippen LogP contribution in [-0.4, -0.2) is 10.9 Å². The van der Waals surface area contributed by atoms with E-state index >= 15 is 0 Å². The summed E-state index contributed by atoms with van der Waals surface area (Å²) in [5.74, 6) is -0.757. The maximum atomic E-state index is 13.1. The van der Waals surface area contributed by atoms with Crippen LogP contribution in [0, 0.1) is 12.7 Å². The van der Waals surface area contributed by atoms with Gasteiger partial charge in [0, 0.05) is 11.1 Å². The normalized spacial score (nSPS) is 12.2. The molecule has 1 atom stereocenters. The summed E-state index contributed by atoms with van der Waals surface area (Å²) >= 11 is 1.33. The van der Waals surface area contributed by atoms with Gasteiger partial charge in [0.05, 0.1) is 6.04 Å². The van der Waals surface area contributed by atoms with Crippen LogP contribution in [0.15, 0.2) is 23.6 Å². The van der Waals surface area contributed by atoms with Crippen LogP contribution in [0.5, 0.6) is 0 Å². The molecule has 0 bridgehead atoms. The highest BCUT2D eigenvalue weighted by atomic mass is 32.1. The molecule has 0 saturated carbocycles. The molecule has 1 aromatic heterocycles. The van der Waals surface area contributed by atoms with Crippen LogP contribution in [0.25, 0.3) is 0 Å². The highest BCUT2D eigenvalue weighted by Gasteiger charge is 2.14. The molecule has 4 nitrogen and oxygen atoms in total. The van der Waals surface area contributed by atoms with Crippen LogP contribution in [-0.2, 0) is 0 Å². The fourth-order valence-corrected chi connectivity index (χ4v) is 2.27. The number of thiazole rings is 1. The minimum absolute atomic E-state index is 0.206. The Balaban J connectivity index is 2.18. The maximum Gasteiger partial charge on any atom is 0.275 e. The van der Waals surface area contributed by atoms with Crippen molar-refractivity contribution in [1.82, 2.24) is 4.98 Å². The van der Waals surface area contributed by atoms with Crippen molar-refractivity contribution in [3.05, 3.63) is 45.7 Å². The number of amides is 1. The predicted octanol–water partition coefficient (Wildman–Crippen LogP) is 2.86. The Morgan fingerprint density at radius 2 is 2.26 bits per heavy atom. The average molecular weight is 279 g/mol. The van der Waals surface area contributed by atoms with E-state index in [1.165, 1.54) is 23.5 Å². The average Bonchev–Trinajstić information content (AvgIpc) is 2.83. The van der Waals surface area contributed by atoms with E-state index in [1.54, 1.807) is 25.3 Å². The Labute approximate surface area is 114 Å². The number of benzene rings is 1. The summed E-state index contributed by atoms with van der Waals surface area (Å²) in [6.07, 6.45) is 0. The van der Waals surface area contributed by atoms with Crippen molar-refractivity contribution in [3.63, 3.8) is 0 Å². The second kappa shape index (κ2) is 5.46. The number of nitrogens with zero attached hydrogens (tertiary/aromatic N) is 1. The van der Waals surface area contributed by atoms with E-state index in [0.29, 0.717) is 16.4 Å². The van der Waals surface area contributed by atoms with Crippen molar-refractivity contribution in [3.8, 4) is 0 Å². The number of hydrogen-bond donors (Lipinski definition) is 2. The zero-order valence-electron chi connectivity index (χ0n) is 10.6. The topological polar surface area (TPSA) is 68.0 Å². The second-order valence-electron chi connectivity index (χ2n) is 4.27. The van der Waals surface area contributed by atoms with E-state index in [1.807, 2.05) is 0 Å². The molecule has 2 aromatic rings. The summed E-state index contributed by atoms with van der Waals surface area (Å²) in [6.45, 7) is 3.60. The Hall–Kier alpha value is -1.79. The quantitative estimate of drug-likeness (QED) is 0.907. The number of aromatic nitrogens is 1. The number of hydrogen-bond acceptors (Lipinski definition) is 4. The summed E-state index contributed by atoms with van der Waals surface area (Å²) in [4.78, 5) is 16.1. The first-order chi connectivity index (χ1) is 8.97. The number of halogens is 1. The third-order valence-corrected chi connectivity index (χ3v) is 3.64. The molecule has 1 amide bonds. The molecule has 0 aliphatic rings. The Kier molecular flexibility index (Phi) is 3.92. The van der Waals surface area contributed by atoms with Crippen LogP contribution in [0.4, 0.5) is 10.1 Å². The van der Waals surface area contributed by atoms with Gasteiger partial charge in [-0.15, -0.1) is 11.3 Å². The Morgan fingerprint density at radius 1 is 1.53 bits per heavy atom. The fourth-order valence-electron chi connectivity index (χ4n) is 1.52. The highest BCUT2D eigenvalue weighted by molar-refractivity contribution is 7.09. The monoisotopic (exact) mass is 279 g/mol. The van der Waals surface area contributed by atoms with Gasteiger partial charge in [-0.05, 0) is 31.5 Å². The van der Waals surface area contributed by atoms with E-state index in [4.69, 9.17) is 5.73 Å². The van der Waals surface area contributed by atoms with Gasteiger partial charge in [-0.2, -0.15) is 0 Å². The number of aryl methyl sites for hydroxylation is 1. The van der Waals surface area contributed by atoms with E-state index in [9.17, 15) is 9.18 Å². The number of carbonyl (C=O) groups is 1. The zero-order valence-corrected chi connectivity index (χ0v) is 11.4. The number of nitrogens with one attached hydrogen (secondary N) is 1. The molecule has 100 valence electrons. The molecule has 0 spiro atoms. The lowest BCUT2D eigenvalue weighted by Gasteiger charge is -2.07. The summed E-state index contributed by atoms with van der Waals surface area (Å²) in [7, 11) is 0. The van der Waals surface area contributed by atoms with Crippen LogP contribution < -0.4 is 11.1 Å². The Morgan fingerprint density at radius 3 is 2.89 bits per heavy atom. The summed E-state index contributed by atoms with van der Waals surface area (Å²) in [5, 5.41) is 4.98. The molecule has 1 heterocycles. The van der Waals surface area contributed by atoms with E-state index in [2.05, 4.69) is 10.3 Å². The molecule has 0 aliphatic heterocycles. The summed E-state index contributed by atoms with van der Waals surface area (Å²) in [5.41, 5.74) is 7.22. The van der Waals surface area contributed by atoms with E-state index in [-0.39, 0.29) is 11.9 Å². The summed E-state index contributed by atoms with van der Waals surface area (Å²) in [6, 6.07) is 4.04. The molecule has 0 aliphatic carbocycles. The van der Waals surface area contributed by atoms with E-state index in [0.717, 1.165) is 5.56 Å². The molecular formula is C13H14FN3OS. The fraction of sp³-hybridized carbons (Fsp3) is 0.231. The molecule has 6 heteroatoms. The molecule has 0 saturated heterocycles. The molecule has 19 heavy (non-hydrogen) atoms. The third kappa shape index (κ3) is 3.15. The van der Waals surface area contributed by atoms with Gasteiger partial charge < -0.3 is 11.1 Å². The minimum atomic E-state index is -0.393. The lowest BCUT2D eigenvalue weighted by molar-refractivity contribution is 0.102. The molecule has 0 radical (unpaired) electrons. The number of carbonyl (C=O) groups excluding carboxylic acids is 1. The molecule has 1 unspecified atom stereocenters. The van der Waals surface area contributed by atoms with Crippen molar-refractivity contribution < 1.29 is 9.18 Å². The maximum absolute atomic E-state index is 13.1. The lowest BCUT2D eigenvalue weighted by atomic mass is 10.2. The lowest BCUT2D eigenvalue weighted by Crippen LogP contribution is -2.14. The first kappa shape index (κ1) is 13.6. The standard InChI is InChI=1S/C13H14FN3OS/c1-7-3-4-9(14)5-10(7)16-12(18)11-6-19-13(17-11)8(2)15/h3-6,8H,15H2,1-2H3,(H,16,18). The van der Waals surface area contributed by atoms with Crippen molar-refractivity contribution in [2.75, 3.05) is 5.32 Å².